The molecule has 1 aliphatic rings. The van der Waals surface area contributed by atoms with Crippen LogP contribution in [0.15, 0.2) is 22.7 Å². The van der Waals surface area contributed by atoms with Crippen molar-refractivity contribution in [1.82, 2.24) is 5.32 Å². The third kappa shape index (κ3) is 4.29. The Hall–Kier alpha value is -0.890. The molecule has 3 nitrogen and oxygen atoms in total. The second-order valence-electron chi connectivity index (χ2n) is 4.79. The van der Waals surface area contributed by atoms with Gasteiger partial charge in [-0.3, -0.25) is 9.00 Å². The van der Waals surface area contributed by atoms with Crippen LogP contribution in [0.25, 0.3) is 0 Å². The topological polar surface area (TPSA) is 46.2 Å². The van der Waals surface area contributed by atoms with Crippen LogP contribution in [0.5, 0.6) is 0 Å². The normalized spacial score (nSPS) is 22.9. The lowest BCUT2D eigenvalue weighted by Gasteiger charge is -2.23. The van der Waals surface area contributed by atoms with Crippen LogP contribution in [0.2, 0.25) is 0 Å². The van der Waals surface area contributed by atoms with Gasteiger partial charge in [-0.1, -0.05) is 0 Å². The van der Waals surface area contributed by atoms with Crippen LogP contribution in [0.3, 0.4) is 0 Å². The molecule has 1 saturated heterocycles. The van der Waals surface area contributed by atoms with Gasteiger partial charge in [0, 0.05) is 32.8 Å². The van der Waals surface area contributed by atoms with Gasteiger partial charge in [-0.05, 0) is 47.0 Å². The van der Waals surface area contributed by atoms with Gasteiger partial charge in [0.15, 0.2) is 0 Å². The average Bonchev–Trinajstić information content (AvgIpc) is 2.40. The van der Waals surface area contributed by atoms with Crippen molar-refractivity contribution in [2.24, 2.45) is 0 Å². The zero-order chi connectivity index (χ0) is 15.6. The number of alkyl halides is 3. The highest BCUT2D eigenvalue weighted by Gasteiger charge is 2.32. The van der Waals surface area contributed by atoms with Crippen LogP contribution >= 0.6 is 15.9 Å². The lowest BCUT2D eigenvalue weighted by Crippen LogP contribution is -2.39. The zero-order valence-corrected chi connectivity index (χ0v) is 13.3. The predicted octanol–water partition coefficient (Wildman–Crippen LogP) is 3.11. The summed E-state index contributed by atoms with van der Waals surface area (Å²) < 4.78 is 49.6. The van der Waals surface area contributed by atoms with Crippen molar-refractivity contribution in [3.8, 4) is 0 Å². The second kappa shape index (κ2) is 6.48. The van der Waals surface area contributed by atoms with Crippen molar-refractivity contribution in [2.45, 2.75) is 25.1 Å². The minimum atomic E-state index is -4.49. The number of rotatable bonds is 2. The van der Waals surface area contributed by atoms with Crippen LogP contribution in [-0.2, 0) is 17.0 Å². The molecule has 116 valence electrons. The first kappa shape index (κ1) is 16.5. The Kier molecular flexibility index (Phi) is 5.08. The number of halogens is 4. The molecule has 0 saturated carbocycles. The maximum atomic E-state index is 12.7. The van der Waals surface area contributed by atoms with Gasteiger partial charge >= 0.3 is 6.18 Å². The van der Waals surface area contributed by atoms with Crippen molar-refractivity contribution < 1.29 is 22.2 Å². The molecule has 1 aliphatic heterocycles. The smallest absolute Gasteiger partial charge is 0.349 e. The van der Waals surface area contributed by atoms with Gasteiger partial charge in [0.1, 0.15) is 0 Å². The summed E-state index contributed by atoms with van der Waals surface area (Å²) in [5.74, 6) is 0.467. The predicted molar refractivity (Wildman–Crippen MR) is 77.5 cm³/mol. The Bertz CT molecular complexity index is 567. The van der Waals surface area contributed by atoms with Crippen molar-refractivity contribution >= 4 is 32.6 Å². The third-order valence-electron chi connectivity index (χ3n) is 3.26. The van der Waals surface area contributed by atoms with E-state index in [2.05, 4.69) is 21.2 Å². The molecule has 2 rings (SSSR count). The number of hydrogen-bond donors (Lipinski definition) is 1. The van der Waals surface area contributed by atoms with Crippen molar-refractivity contribution in [2.75, 3.05) is 11.5 Å². The first-order valence-electron chi connectivity index (χ1n) is 6.30. The molecule has 1 N–H and O–H groups in total. The van der Waals surface area contributed by atoms with E-state index >= 15 is 0 Å². The molecule has 0 spiro atoms. The van der Waals surface area contributed by atoms with Crippen LogP contribution in [0.4, 0.5) is 13.2 Å². The maximum absolute atomic E-state index is 12.7. The quantitative estimate of drug-likeness (QED) is 0.852. The van der Waals surface area contributed by atoms with Gasteiger partial charge in [-0.2, -0.15) is 13.2 Å². The highest BCUT2D eigenvalue weighted by atomic mass is 79.9. The van der Waals surface area contributed by atoms with E-state index in [1.54, 1.807) is 0 Å². The summed E-state index contributed by atoms with van der Waals surface area (Å²) in [6.07, 6.45) is -3.33. The van der Waals surface area contributed by atoms with Gasteiger partial charge in [-0.15, -0.1) is 0 Å². The molecule has 0 radical (unpaired) electrons. The van der Waals surface area contributed by atoms with Gasteiger partial charge in [0.05, 0.1) is 11.1 Å². The molecule has 0 aliphatic carbocycles. The van der Waals surface area contributed by atoms with Crippen molar-refractivity contribution in [3.63, 3.8) is 0 Å². The fourth-order valence-corrected chi connectivity index (χ4v) is 3.80. The Labute approximate surface area is 130 Å². The Morgan fingerprint density at radius 3 is 2.48 bits per heavy atom. The molecule has 0 aromatic heterocycles. The van der Waals surface area contributed by atoms with Crippen LogP contribution in [0.1, 0.15) is 28.8 Å². The zero-order valence-electron chi connectivity index (χ0n) is 10.9. The number of benzene rings is 1. The standard InChI is InChI=1S/C13H13BrF3NO2S/c14-11-2-1-8(13(15,16)17)7-10(11)12(19)18-9-3-5-21(20)6-4-9/h1-2,7,9H,3-6H2,(H,18,19). The third-order valence-corrected chi connectivity index (χ3v) is 5.34. The van der Waals surface area contributed by atoms with Gasteiger partial charge in [0.2, 0.25) is 0 Å². The lowest BCUT2D eigenvalue weighted by molar-refractivity contribution is -0.137. The summed E-state index contributed by atoms with van der Waals surface area (Å²) in [6, 6.07) is 2.83. The van der Waals surface area contributed by atoms with E-state index in [0.29, 0.717) is 28.8 Å². The molecule has 1 aromatic rings. The number of carbonyl (C=O) groups excluding carboxylic acids is 1. The Morgan fingerprint density at radius 2 is 1.90 bits per heavy atom. The number of carbonyl (C=O) groups is 1. The minimum Gasteiger partial charge on any atom is -0.349 e. The van der Waals surface area contributed by atoms with Crippen molar-refractivity contribution in [1.29, 1.82) is 0 Å². The summed E-state index contributed by atoms with van der Waals surface area (Å²) in [7, 11) is -0.849. The van der Waals surface area contributed by atoms with Gasteiger partial charge < -0.3 is 5.32 Å². The van der Waals surface area contributed by atoms with E-state index in [9.17, 15) is 22.2 Å². The van der Waals surface area contributed by atoms with E-state index in [-0.39, 0.29) is 11.6 Å². The summed E-state index contributed by atoms with van der Waals surface area (Å²) in [4.78, 5) is 12.1. The molecular weight excluding hydrogens is 371 g/mol. The van der Waals surface area contributed by atoms with Crippen LogP contribution in [-0.4, -0.2) is 27.7 Å². The summed E-state index contributed by atoms with van der Waals surface area (Å²) in [5, 5.41) is 2.70. The Balaban J connectivity index is 2.13. The SMILES string of the molecule is O=C(NC1CCS(=O)CC1)c1cc(C(F)(F)F)ccc1Br. The highest BCUT2D eigenvalue weighted by molar-refractivity contribution is 9.10. The molecule has 21 heavy (non-hydrogen) atoms. The monoisotopic (exact) mass is 383 g/mol. The fraction of sp³-hybridized carbons (Fsp3) is 0.462. The van der Waals surface area contributed by atoms with Gasteiger partial charge in [-0.25, -0.2) is 0 Å². The fourth-order valence-electron chi connectivity index (χ4n) is 2.08. The molecular formula is C13H13BrF3NO2S. The Morgan fingerprint density at radius 1 is 1.29 bits per heavy atom. The van der Waals surface area contributed by atoms with E-state index in [0.717, 1.165) is 12.1 Å². The highest BCUT2D eigenvalue weighted by Crippen LogP contribution is 2.32. The second-order valence-corrected chi connectivity index (χ2v) is 7.34. The van der Waals surface area contributed by atoms with E-state index < -0.39 is 28.4 Å². The van der Waals surface area contributed by atoms with Crippen LogP contribution in [0, 0.1) is 0 Å². The average molecular weight is 384 g/mol. The first-order chi connectivity index (χ1) is 9.77. The maximum Gasteiger partial charge on any atom is 0.416 e. The molecule has 1 aromatic carbocycles. The molecule has 1 fully saturated rings. The molecule has 8 heteroatoms. The number of nitrogens with one attached hydrogen (secondary N) is 1. The summed E-state index contributed by atoms with van der Waals surface area (Å²) >= 11 is 3.10. The van der Waals surface area contributed by atoms with Crippen molar-refractivity contribution in [3.05, 3.63) is 33.8 Å². The summed E-state index contributed by atoms with van der Waals surface area (Å²) in [5.41, 5.74) is -0.905. The largest absolute Gasteiger partial charge is 0.416 e. The lowest BCUT2D eigenvalue weighted by atomic mass is 10.1. The first-order valence-corrected chi connectivity index (χ1v) is 8.58. The van der Waals surface area contributed by atoms with E-state index in [4.69, 9.17) is 0 Å². The number of amides is 1. The molecule has 1 amide bonds. The number of hydrogen-bond acceptors (Lipinski definition) is 2. The van der Waals surface area contributed by atoms with E-state index in [1.165, 1.54) is 6.07 Å². The summed E-state index contributed by atoms with van der Waals surface area (Å²) in [6.45, 7) is 0. The van der Waals surface area contributed by atoms with Crippen LogP contribution < -0.4 is 5.32 Å². The van der Waals surface area contributed by atoms with E-state index in [1.807, 2.05) is 0 Å². The molecule has 0 unspecified atom stereocenters. The molecule has 0 bridgehead atoms. The van der Waals surface area contributed by atoms with Gasteiger partial charge in [0.25, 0.3) is 5.91 Å². The molecule has 1 heterocycles. The minimum absolute atomic E-state index is 0.0449. The molecule has 0 atom stereocenters.